The summed E-state index contributed by atoms with van der Waals surface area (Å²) in [4.78, 5) is 23.0. The highest BCUT2D eigenvalue weighted by Gasteiger charge is 2.14. The monoisotopic (exact) mass is 291 g/mol. The lowest BCUT2D eigenvalue weighted by molar-refractivity contribution is -0.141. The molecule has 4 heteroatoms. The summed E-state index contributed by atoms with van der Waals surface area (Å²) < 4.78 is 0. The van der Waals surface area contributed by atoms with Gasteiger partial charge in [-0.15, -0.1) is 0 Å². The van der Waals surface area contributed by atoms with E-state index < -0.39 is 5.97 Å². The van der Waals surface area contributed by atoms with Crippen molar-refractivity contribution in [2.45, 2.75) is 53.0 Å². The Labute approximate surface area is 126 Å². The average Bonchev–Trinajstić information content (AvgIpc) is 2.41. The fourth-order valence-corrected chi connectivity index (χ4v) is 2.21. The lowest BCUT2D eigenvalue weighted by Crippen LogP contribution is -2.33. The molecular formula is C17H25NO3. The molecule has 0 fully saturated rings. The van der Waals surface area contributed by atoms with Crippen LogP contribution in [-0.2, 0) is 4.79 Å². The van der Waals surface area contributed by atoms with Gasteiger partial charge in [-0.1, -0.05) is 31.0 Å². The van der Waals surface area contributed by atoms with E-state index in [0.717, 1.165) is 24.0 Å². The molecule has 4 nitrogen and oxygen atoms in total. The van der Waals surface area contributed by atoms with E-state index in [0.29, 0.717) is 12.0 Å². The summed E-state index contributed by atoms with van der Waals surface area (Å²) in [7, 11) is 0. The quantitative estimate of drug-likeness (QED) is 0.810. The fourth-order valence-electron chi connectivity index (χ4n) is 2.21. The number of nitrogens with one attached hydrogen (secondary N) is 1. The summed E-state index contributed by atoms with van der Waals surface area (Å²) >= 11 is 0. The second-order valence-corrected chi connectivity index (χ2v) is 5.86. The minimum atomic E-state index is -0.762. The molecular weight excluding hydrogens is 266 g/mol. The third-order valence-corrected chi connectivity index (χ3v) is 3.71. The van der Waals surface area contributed by atoms with Gasteiger partial charge in [-0.25, -0.2) is 0 Å². The van der Waals surface area contributed by atoms with Crippen LogP contribution in [0, 0.1) is 19.8 Å². The zero-order valence-electron chi connectivity index (χ0n) is 13.3. The molecule has 0 saturated carbocycles. The van der Waals surface area contributed by atoms with Crippen molar-refractivity contribution in [3.63, 3.8) is 0 Å². The standard InChI is InChI=1S/C17H25NO3/c1-11-8-9-12(2)15(10-11)16(19)18-14(4)7-5-6-13(3)17(20)21/h8-10,13-14H,5-7H2,1-4H3,(H,18,19)(H,20,21). The highest BCUT2D eigenvalue weighted by molar-refractivity contribution is 5.95. The number of carboxylic acids is 1. The summed E-state index contributed by atoms with van der Waals surface area (Å²) in [6.45, 7) is 7.55. The molecule has 0 radical (unpaired) electrons. The zero-order chi connectivity index (χ0) is 16.0. The second-order valence-electron chi connectivity index (χ2n) is 5.86. The fraction of sp³-hybridized carbons (Fsp3) is 0.529. The first-order chi connectivity index (χ1) is 9.81. The average molecular weight is 291 g/mol. The molecule has 0 heterocycles. The van der Waals surface area contributed by atoms with Crippen LogP contribution in [-0.4, -0.2) is 23.0 Å². The number of carbonyl (C=O) groups excluding carboxylic acids is 1. The lowest BCUT2D eigenvalue weighted by atomic mass is 10.0. The first-order valence-electron chi connectivity index (χ1n) is 7.42. The van der Waals surface area contributed by atoms with Crippen molar-refractivity contribution in [2.75, 3.05) is 0 Å². The van der Waals surface area contributed by atoms with E-state index in [1.54, 1.807) is 6.92 Å². The molecule has 2 atom stereocenters. The van der Waals surface area contributed by atoms with Crippen LogP contribution < -0.4 is 5.32 Å². The van der Waals surface area contributed by atoms with E-state index in [4.69, 9.17) is 5.11 Å². The number of benzene rings is 1. The smallest absolute Gasteiger partial charge is 0.306 e. The van der Waals surface area contributed by atoms with Gasteiger partial charge in [0, 0.05) is 11.6 Å². The first kappa shape index (κ1) is 17.2. The summed E-state index contributed by atoms with van der Waals surface area (Å²) in [5.74, 6) is -1.15. The maximum absolute atomic E-state index is 12.2. The Morgan fingerprint density at radius 3 is 2.48 bits per heavy atom. The van der Waals surface area contributed by atoms with Gasteiger partial charge in [0.15, 0.2) is 0 Å². The SMILES string of the molecule is Cc1ccc(C)c(C(=O)NC(C)CCCC(C)C(=O)O)c1. The van der Waals surface area contributed by atoms with Crippen molar-refractivity contribution < 1.29 is 14.7 Å². The molecule has 1 aromatic rings. The van der Waals surface area contributed by atoms with Gasteiger partial charge in [0.25, 0.3) is 5.91 Å². The number of amides is 1. The van der Waals surface area contributed by atoms with Gasteiger partial charge in [0.05, 0.1) is 5.92 Å². The molecule has 0 saturated heterocycles. The third kappa shape index (κ3) is 5.58. The van der Waals surface area contributed by atoms with Crippen LogP contribution in [0.15, 0.2) is 18.2 Å². The Bertz CT molecular complexity index is 511. The molecule has 2 unspecified atom stereocenters. The summed E-state index contributed by atoms with van der Waals surface area (Å²) in [6, 6.07) is 5.87. The van der Waals surface area contributed by atoms with E-state index in [1.807, 2.05) is 39.0 Å². The minimum absolute atomic E-state index is 0.0402. The van der Waals surface area contributed by atoms with Gasteiger partial charge in [0.1, 0.15) is 0 Å². The molecule has 0 aromatic heterocycles. The van der Waals surface area contributed by atoms with Gasteiger partial charge in [-0.05, 0) is 45.2 Å². The van der Waals surface area contributed by atoms with Gasteiger partial charge in [-0.3, -0.25) is 9.59 Å². The molecule has 0 bridgehead atoms. The lowest BCUT2D eigenvalue weighted by Gasteiger charge is -2.16. The summed E-state index contributed by atoms with van der Waals surface area (Å²) in [5.41, 5.74) is 2.74. The van der Waals surface area contributed by atoms with Crippen LogP contribution in [0.2, 0.25) is 0 Å². The normalized spacial score (nSPS) is 13.5. The van der Waals surface area contributed by atoms with Crippen LogP contribution in [0.4, 0.5) is 0 Å². The van der Waals surface area contributed by atoms with Gasteiger partial charge in [-0.2, -0.15) is 0 Å². The molecule has 21 heavy (non-hydrogen) atoms. The number of hydrogen-bond acceptors (Lipinski definition) is 2. The molecule has 1 aromatic carbocycles. The van der Waals surface area contributed by atoms with E-state index >= 15 is 0 Å². The number of carbonyl (C=O) groups is 2. The summed E-state index contributed by atoms with van der Waals surface area (Å²) in [5, 5.41) is 11.8. The number of aryl methyl sites for hydroxylation is 2. The van der Waals surface area contributed by atoms with Crippen LogP contribution in [0.5, 0.6) is 0 Å². The van der Waals surface area contributed by atoms with E-state index in [1.165, 1.54) is 0 Å². The van der Waals surface area contributed by atoms with Crippen LogP contribution >= 0.6 is 0 Å². The van der Waals surface area contributed by atoms with Crippen molar-refractivity contribution in [1.82, 2.24) is 5.32 Å². The number of carboxylic acid groups (broad SMARTS) is 1. The van der Waals surface area contributed by atoms with Gasteiger partial charge < -0.3 is 10.4 Å². The Morgan fingerprint density at radius 2 is 1.86 bits per heavy atom. The highest BCUT2D eigenvalue weighted by atomic mass is 16.4. The Morgan fingerprint density at radius 1 is 1.19 bits per heavy atom. The Balaban J connectivity index is 2.47. The number of hydrogen-bond donors (Lipinski definition) is 2. The van der Waals surface area contributed by atoms with Crippen molar-refractivity contribution in [3.05, 3.63) is 34.9 Å². The summed E-state index contributed by atoms with van der Waals surface area (Å²) in [6.07, 6.45) is 2.22. The van der Waals surface area contributed by atoms with Gasteiger partial charge >= 0.3 is 5.97 Å². The van der Waals surface area contributed by atoms with E-state index in [9.17, 15) is 9.59 Å². The number of rotatable bonds is 7. The molecule has 116 valence electrons. The van der Waals surface area contributed by atoms with Crippen molar-refractivity contribution >= 4 is 11.9 Å². The second kappa shape index (κ2) is 7.81. The largest absolute Gasteiger partial charge is 0.481 e. The molecule has 0 aliphatic rings. The van der Waals surface area contributed by atoms with Crippen LogP contribution in [0.3, 0.4) is 0 Å². The topological polar surface area (TPSA) is 66.4 Å². The molecule has 0 aliphatic heterocycles. The van der Waals surface area contributed by atoms with E-state index in [-0.39, 0.29) is 17.9 Å². The Hall–Kier alpha value is -1.84. The van der Waals surface area contributed by atoms with Crippen molar-refractivity contribution in [3.8, 4) is 0 Å². The Kier molecular flexibility index (Phi) is 6.40. The first-order valence-corrected chi connectivity index (χ1v) is 7.42. The molecule has 0 spiro atoms. The maximum atomic E-state index is 12.2. The van der Waals surface area contributed by atoms with Crippen LogP contribution in [0.25, 0.3) is 0 Å². The van der Waals surface area contributed by atoms with Crippen LogP contribution in [0.1, 0.15) is 54.6 Å². The van der Waals surface area contributed by atoms with E-state index in [2.05, 4.69) is 5.32 Å². The molecule has 0 aliphatic carbocycles. The van der Waals surface area contributed by atoms with Crippen molar-refractivity contribution in [2.24, 2.45) is 5.92 Å². The minimum Gasteiger partial charge on any atom is -0.481 e. The number of aliphatic carboxylic acids is 1. The van der Waals surface area contributed by atoms with Crippen molar-refractivity contribution in [1.29, 1.82) is 0 Å². The molecule has 1 rings (SSSR count). The third-order valence-electron chi connectivity index (χ3n) is 3.71. The molecule has 2 N–H and O–H groups in total. The highest BCUT2D eigenvalue weighted by Crippen LogP contribution is 2.13. The maximum Gasteiger partial charge on any atom is 0.306 e. The van der Waals surface area contributed by atoms with Gasteiger partial charge in [0.2, 0.25) is 0 Å². The predicted octanol–water partition coefficient (Wildman–Crippen LogP) is 3.31. The predicted molar refractivity (Wildman–Crippen MR) is 83.5 cm³/mol. The molecule has 1 amide bonds. The zero-order valence-corrected chi connectivity index (χ0v) is 13.3.